The van der Waals surface area contributed by atoms with Crippen molar-refractivity contribution in [1.29, 1.82) is 0 Å². The van der Waals surface area contributed by atoms with E-state index in [0.717, 1.165) is 23.0 Å². The van der Waals surface area contributed by atoms with Crippen LogP contribution in [0.3, 0.4) is 0 Å². The third-order valence-corrected chi connectivity index (χ3v) is 5.55. The Morgan fingerprint density at radius 2 is 1.78 bits per heavy atom. The molecule has 0 amide bonds. The van der Waals surface area contributed by atoms with Gasteiger partial charge in [-0.2, -0.15) is 0 Å². The van der Waals surface area contributed by atoms with Gasteiger partial charge in [0.25, 0.3) is 0 Å². The minimum Gasteiger partial charge on any atom is -0.493 e. The summed E-state index contributed by atoms with van der Waals surface area (Å²) >= 11 is 0. The number of nitrogens with one attached hydrogen (secondary N) is 1. The molecule has 0 bridgehead atoms. The van der Waals surface area contributed by atoms with Crippen molar-refractivity contribution in [2.75, 3.05) is 17.1 Å². The third kappa shape index (κ3) is 5.69. The Hall–Kier alpha value is -2.60. The molecule has 0 aliphatic heterocycles. The molecule has 0 unspecified atom stereocenters. The second kappa shape index (κ2) is 8.86. The Morgan fingerprint density at radius 1 is 1.00 bits per heavy atom. The van der Waals surface area contributed by atoms with Crippen molar-refractivity contribution in [2.45, 2.75) is 26.2 Å². The van der Waals surface area contributed by atoms with Gasteiger partial charge in [0.1, 0.15) is 5.75 Å². The summed E-state index contributed by atoms with van der Waals surface area (Å²) in [6.07, 6.45) is 2.20. The van der Waals surface area contributed by atoms with E-state index in [1.54, 1.807) is 24.3 Å². The summed E-state index contributed by atoms with van der Waals surface area (Å²) in [5, 5.41) is 1.12. The predicted molar refractivity (Wildman–Crippen MR) is 110 cm³/mol. The summed E-state index contributed by atoms with van der Waals surface area (Å²) in [5.74, 6) is 0.841. The molecule has 1 heterocycles. The number of ether oxygens (including phenoxy) is 1. The molecule has 27 heavy (non-hydrogen) atoms. The number of sulfonamides is 1. The number of aromatic nitrogens is 1. The van der Waals surface area contributed by atoms with Crippen LogP contribution in [-0.4, -0.2) is 25.8 Å². The number of nitrogens with zero attached hydrogens (tertiary/aromatic N) is 1. The van der Waals surface area contributed by atoms with E-state index >= 15 is 0 Å². The highest BCUT2D eigenvalue weighted by atomic mass is 32.2. The quantitative estimate of drug-likeness (QED) is 0.594. The molecule has 0 fully saturated rings. The molecule has 142 valence electrons. The van der Waals surface area contributed by atoms with Gasteiger partial charge in [-0.05, 0) is 42.8 Å². The van der Waals surface area contributed by atoms with Gasteiger partial charge in [0, 0.05) is 23.2 Å². The van der Waals surface area contributed by atoms with Crippen LogP contribution in [0.15, 0.2) is 60.7 Å². The van der Waals surface area contributed by atoms with Gasteiger partial charge in [-0.25, -0.2) is 8.42 Å². The molecule has 0 saturated heterocycles. The van der Waals surface area contributed by atoms with Gasteiger partial charge in [0.15, 0.2) is 0 Å². The van der Waals surface area contributed by atoms with Gasteiger partial charge in [-0.15, -0.1) is 0 Å². The molecule has 0 spiro atoms. The van der Waals surface area contributed by atoms with E-state index in [4.69, 9.17) is 4.74 Å². The average molecular weight is 385 g/mol. The van der Waals surface area contributed by atoms with Crippen LogP contribution in [0.1, 0.15) is 25.5 Å². The molecule has 6 heteroatoms. The van der Waals surface area contributed by atoms with Crippen molar-refractivity contribution in [3.63, 3.8) is 0 Å². The van der Waals surface area contributed by atoms with Gasteiger partial charge in [0.05, 0.1) is 17.9 Å². The van der Waals surface area contributed by atoms with Crippen molar-refractivity contribution in [1.82, 2.24) is 4.98 Å². The van der Waals surface area contributed by atoms with E-state index in [1.165, 1.54) is 0 Å². The summed E-state index contributed by atoms with van der Waals surface area (Å²) in [6, 6.07) is 19.1. The lowest BCUT2D eigenvalue weighted by Gasteiger charge is -2.10. The van der Waals surface area contributed by atoms with Gasteiger partial charge in [0.2, 0.25) is 10.0 Å². The Bertz CT molecular complexity index is 986. The lowest BCUT2D eigenvalue weighted by Crippen LogP contribution is -2.16. The maximum Gasteiger partial charge on any atom is 0.232 e. The van der Waals surface area contributed by atoms with Gasteiger partial charge in [-0.3, -0.25) is 9.71 Å². The van der Waals surface area contributed by atoms with Crippen LogP contribution in [-0.2, 0) is 16.4 Å². The smallest absolute Gasteiger partial charge is 0.232 e. The third-order valence-electron chi connectivity index (χ3n) is 4.18. The lowest BCUT2D eigenvalue weighted by molar-refractivity contribution is 0.320. The van der Waals surface area contributed by atoms with E-state index in [0.29, 0.717) is 30.9 Å². The van der Waals surface area contributed by atoms with Crippen LogP contribution in [0.4, 0.5) is 5.69 Å². The summed E-state index contributed by atoms with van der Waals surface area (Å²) in [6.45, 7) is 2.47. The van der Waals surface area contributed by atoms with Crippen LogP contribution in [0.25, 0.3) is 10.9 Å². The standard InChI is InChI=1S/C21H24N2O3S/c1-2-3-16-27(24,25)23-19-10-12-20(13-11-19)26-15-14-18-9-8-17-6-4-5-7-21(17)22-18/h4-13,23H,2-3,14-16H2,1H3. The van der Waals surface area contributed by atoms with Gasteiger partial charge >= 0.3 is 0 Å². The Kier molecular flexibility index (Phi) is 6.29. The molecule has 3 rings (SSSR count). The van der Waals surface area contributed by atoms with Crippen molar-refractivity contribution < 1.29 is 13.2 Å². The first-order valence-corrected chi connectivity index (χ1v) is 10.8. The zero-order valence-corrected chi connectivity index (χ0v) is 16.2. The highest BCUT2D eigenvalue weighted by molar-refractivity contribution is 7.92. The Labute approximate surface area is 160 Å². The number of rotatable bonds is 9. The summed E-state index contributed by atoms with van der Waals surface area (Å²) in [5.41, 5.74) is 2.51. The number of pyridine rings is 1. The number of hydrogen-bond acceptors (Lipinski definition) is 4. The van der Waals surface area contributed by atoms with Crippen LogP contribution in [0.5, 0.6) is 5.75 Å². The number of unbranched alkanes of at least 4 members (excludes halogenated alkanes) is 1. The molecule has 0 saturated carbocycles. The largest absolute Gasteiger partial charge is 0.493 e. The average Bonchev–Trinajstić information content (AvgIpc) is 2.67. The lowest BCUT2D eigenvalue weighted by atomic mass is 10.2. The van der Waals surface area contributed by atoms with E-state index in [2.05, 4.69) is 15.8 Å². The molecule has 2 aromatic carbocycles. The van der Waals surface area contributed by atoms with Gasteiger partial charge < -0.3 is 4.74 Å². The molecule has 5 nitrogen and oxygen atoms in total. The van der Waals surface area contributed by atoms with Crippen molar-refractivity contribution in [3.8, 4) is 5.75 Å². The molecule has 0 aliphatic carbocycles. The SMILES string of the molecule is CCCCS(=O)(=O)Nc1ccc(OCCc2ccc3ccccc3n2)cc1. The fourth-order valence-electron chi connectivity index (χ4n) is 2.71. The minimum absolute atomic E-state index is 0.139. The highest BCUT2D eigenvalue weighted by Crippen LogP contribution is 2.18. The summed E-state index contributed by atoms with van der Waals surface area (Å²) in [4.78, 5) is 4.63. The first-order chi connectivity index (χ1) is 13.1. The zero-order chi connectivity index (χ0) is 19.1. The van der Waals surface area contributed by atoms with E-state index < -0.39 is 10.0 Å². The maximum absolute atomic E-state index is 11.9. The first kappa shape index (κ1) is 19.2. The first-order valence-electron chi connectivity index (χ1n) is 9.14. The fourth-order valence-corrected chi connectivity index (χ4v) is 3.97. The number of hydrogen-bond donors (Lipinski definition) is 1. The summed E-state index contributed by atoms with van der Waals surface area (Å²) < 4.78 is 32.2. The van der Waals surface area contributed by atoms with E-state index in [1.807, 2.05) is 37.3 Å². The molecular weight excluding hydrogens is 360 g/mol. The van der Waals surface area contributed by atoms with Crippen molar-refractivity contribution in [3.05, 3.63) is 66.4 Å². The minimum atomic E-state index is -3.28. The molecule has 1 N–H and O–H groups in total. The monoisotopic (exact) mass is 384 g/mol. The topological polar surface area (TPSA) is 68.3 Å². The molecule has 1 aromatic heterocycles. The number of para-hydroxylation sites is 1. The Morgan fingerprint density at radius 3 is 2.56 bits per heavy atom. The second-order valence-electron chi connectivity index (χ2n) is 6.39. The predicted octanol–water partition coefficient (Wildman–Crippen LogP) is 4.40. The summed E-state index contributed by atoms with van der Waals surface area (Å²) in [7, 11) is -3.28. The number of benzene rings is 2. The van der Waals surface area contributed by atoms with E-state index in [-0.39, 0.29) is 5.75 Å². The fraction of sp³-hybridized carbons (Fsp3) is 0.286. The van der Waals surface area contributed by atoms with Crippen LogP contribution in [0.2, 0.25) is 0 Å². The zero-order valence-electron chi connectivity index (χ0n) is 15.4. The second-order valence-corrected chi connectivity index (χ2v) is 8.23. The molecule has 0 atom stereocenters. The normalized spacial score (nSPS) is 11.4. The highest BCUT2D eigenvalue weighted by Gasteiger charge is 2.09. The molecule has 0 aliphatic rings. The van der Waals surface area contributed by atoms with E-state index in [9.17, 15) is 8.42 Å². The van der Waals surface area contributed by atoms with Crippen LogP contribution >= 0.6 is 0 Å². The molecular formula is C21H24N2O3S. The van der Waals surface area contributed by atoms with Crippen molar-refractivity contribution >= 4 is 26.6 Å². The van der Waals surface area contributed by atoms with Crippen molar-refractivity contribution in [2.24, 2.45) is 0 Å². The van der Waals surface area contributed by atoms with Crippen LogP contribution in [0, 0.1) is 0 Å². The molecule has 3 aromatic rings. The number of anilines is 1. The van der Waals surface area contributed by atoms with Crippen LogP contribution < -0.4 is 9.46 Å². The molecule has 0 radical (unpaired) electrons. The Balaban J connectivity index is 1.52. The van der Waals surface area contributed by atoms with Gasteiger partial charge in [-0.1, -0.05) is 37.6 Å². The maximum atomic E-state index is 11.9. The number of fused-ring (bicyclic) bond motifs is 1.